The molecule has 2 nitrogen and oxygen atoms in total. The molecule has 270 valence electrons. The Hall–Kier alpha value is -7.68. The van der Waals surface area contributed by atoms with E-state index in [0.29, 0.717) is 0 Å². The van der Waals surface area contributed by atoms with Gasteiger partial charge in [-0.05, 0) is 108 Å². The second-order valence-corrected chi connectivity index (χ2v) is 15.2. The maximum atomic E-state index is 7.18. The number of fused-ring (bicyclic) bond motifs is 10. The van der Waals surface area contributed by atoms with Crippen molar-refractivity contribution in [1.82, 2.24) is 0 Å². The van der Waals surface area contributed by atoms with E-state index in [0.717, 1.165) is 44.6 Å². The van der Waals surface area contributed by atoms with Gasteiger partial charge in [-0.2, -0.15) is 0 Å². The lowest BCUT2D eigenvalue weighted by Crippen LogP contribution is -2.11. The number of anilines is 3. The first-order valence-corrected chi connectivity index (χ1v) is 19.9. The molecule has 0 unspecified atom stereocenters. The Bertz CT molecular complexity index is 3560. The van der Waals surface area contributed by atoms with E-state index in [-0.39, 0.29) is 0 Å². The average Bonchev–Trinajstić information content (AvgIpc) is 3.67. The van der Waals surface area contributed by atoms with Crippen LogP contribution in [0.25, 0.3) is 98.1 Å². The lowest BCUT2D eigenvalue weighted by molar-refractivity contribution is 0.670. The fourth-order valence-corrected chi connectivity index (χ4v) is 9.38. The molecular weight excluding hydrogens is 703 g/mol. The highest BCUT2D eigenvalue weighted by atomic mass is 16.3. The molecule has 0 aliphatic carbocycles. The summed E-state index contributed by atoms with van der Waals surface area (Å²) in [4.78, 5) is 2.45. The van der Waals surface area contributed by atoms with Gasteiger partial charge >= 0.3 is 0 Å². The first-order chi connectivity index (χ1) is 28.8. The highest BCUT2D eigenvalue weighted by Crippen LogP contribution is 2.50. The summed E-state index contributed by atoms with van der Waals surface area (Å²) in [5.41, 5.74) is 9.66. The van der Waals surface area contributed by atoms with Crippen LogP contribution in [0, 0.1) is 0 Å². The van der Waals surface area contributed by atoms with Crippen LogP contribution in [-0.4, -0.2) is 0 Å². The summed E-state index contributed by atoms with van der Waals surface area (Å²) in [6.07, 6.45) is 0. The average molecular weight is 738 g/mol. The molecule has 0 bridgehead atoms. The van der Waals surface area contributed by atoms with E-state index in [4.69, 9.17) is 4.42 Å². The predicted octanol–water partition coefficient (Wildman–Crippen LogP) is 16.2. The molecule has 0 N–H and O–H groups in total. The summed E-state index contributed by atoms with van der Waals surface area (Å²) in [6.45, 7) is 0. The Labute approximate surface area is 335 Å². The van der Waals surface area contributed by atoms with Gasteiger partial charge in [0.25, 0.3) is 0 Å². The van der Waals surface area contributed by atoms with Gasteiger partial charge in [0.15, 0.2) is 0 Å². The SMILES string of the molecule is c1ccc(-c2ccc(N(c3cc4ccccc4c4ccccc34)c3cccc4oc5c(-c6cc7ccccc7c7ccccc67)c6ccccc6cc5c34)cc2)cc1. The van der Waals surface area contributed by atoms with E-state index < -0.39 is 0 Å². The highest BCUT2D eigenvalue weighted by Gasteiger charge is 2.25. The molecule has 0 spiro atoms. The van der Waals surface area contributed by atoms with E-state index in [2.05, 4.69) is 217 Å². The van der Waals surface area contributed by atoms with Crippen molar-refractivity contribution < 1.29 is 4.42 Å². The summed E-state index contributed by atoms with van der Waals surface area (Å²) in [5, 5.41) is 14.3. The van der Waals surface area contributed by atoms with Crippen molar-refractivity contribution >= 4 is 92.9 Å². The zero-order valence-electron chi connectivity index (χ0n) is 31.6. The smallest absolute Gasteiger partial charge is 0.143 e. The normalized spacial score (nSPS) is 11.8. The first-order valence-electron chi connectivity index (χ1n) is 19.9. The molecular formula is C56H35NO. The number of furan rings is 1. The van der Waals surface area contributed by atoms with Crippen molar-refractivity contribution in [2.24, 2.45) is 0 Å². The molecule has 0 aliphatic heterocycles. The molecule has 2 heteroatoms. The van der Waals surface area contributed by atoms with Crippen molar-refractivity contribution in [2.45, 2.75) is 0 Å². The standard InChI is InChI=1S/C56H35NO/c1-2-15-36(16-3-1)37-29-31-41(32-30-37)57(52-35-40-19-5-8-21-43(40)46-24-12-13-26-48(46)52)51-27-14-28-53-55(51)50-34-39-18-6-9-22-44(39)54(56(50)58-53)49-33-38-17-4-7-20-42(38)45-23-10-11-25-47(45)49/h1-35H. The third-order valence-corrected chi connectivity index (χ3v) is 12.0. The van der Waals surface area contributed by atoms with Crippen molar-refractivity contribution in [3.8, 4) is 22.3 Å². The topological polar surface area (TPSA) is 16.4 Å². The molecule has 58 heavy (non-hydrogen) atoms. The molecule has 0 fully saturated rings. The van der Waals surface area contributed by atoms with Crippen LogP contribution < -0.4 is 4.90 Å². The van der Waals surface area contributed by atoms with Gasteiger partial charge in [0.2, 0.25) is 0 Å². The van der Waals surface area contributed by atoms with E-state index in [9.17, 15) is 0 Å². The Morgan fingerprint density at radius 2 is 0.862 bits per heavy atom. The van der Waals surface area contributed by atoms with Gasteiger partial charge in [0.1, 0.15) is 11.2 Å². The van der Waals surface area contributed by atoms with E-state index in [1.807, 2.05) is 0 Å². The van der Waals surface area contributed by atoms with Gasteiger partial charge in [0, 0.05) is 22.0 Å². The van der Waals surface area contributed by atoms with Gasteiger partial charge in [-0.1, -0.05) is 170 Å². The molecule has 0 aliphatic rings. The van der Waals surface area contributed by atoms with Crippen molar-refractivity contribution in [3.63, 3.8) is 0 Å². The van der Waals surface area contributed by atoms with Crippen LogP contribution in [0.2, 0.25) is 0 Å². The van der Waals surface area contributed by atoms with Gasteiger partial charge in [0.05, 0.1) is 16.8 Å². The molecule has 11 aromatic carbocycles. The number of nitrogens with zero attached hydrogens (tertiary/aromatic N) is 1. The predicted molar refractivity (Wildman–Crippen MR) is 247 cm³/mol. The summed E-state index contributed by atoms with van der Waals surface area (Å²) < 4.78 is 7.18. The maximum absolute atomic E-state index is 7.18. The summed E-state index contributed by atoms with van der Waals surface area (Å²) in [7, 11) is 0. The number of rotatable bonds is 5. The van der Waals surface area contributed by atoms with E-state index >= 15 is 0 Å². The van der Waals surface area contributed by atoms with E-state index in [1.165, 1.54) is 70.6 Å². The summed E-state index contributed by atoms with van der Waals surface area (Å²) in [6, 6.07) is 76.9. The molecule has 12 aromatic rings. The quantitative estimate of drug-likeness (QED) is 0.164. The van der Waals surface area contributed by atoms with Crippen LogP contribution in [0.1, 0.15) is 0 Å². The molecule has 1 aromatic heterocycles. The van der Waals surface area contributed by atoms with Crippen LogP contribution in [0.15, 0.2) is 217 Å². The van der Waals surface area contributed by atoms with Crippen molar-refractivity contribution in [2.75, 3.05) is 4.90 Å². The first kappa shape index (κ1) is 32.6. The van der Waals surface area contributed by atoms with Crippen LogP contribution >= 0.6 is 0 Å². The summed E-state index contributed by atoms with van der Waals surface area (Å²) in [5.74, 6) is 0. The second kappa shape index (κ2) is 12.9. The molecule has 0 radical (unpaired) electrons. The molecule has 0 amide bonds. The number of hydrogen-bond acceptors (Lipinski definition) is 2. The Morgan fingerprint density at radius 3 is 1.57 bits per heavy atom. The molecule has 12 rings (SSSR count). The fraction of sp³-hybridized carbons (Fsp3) is 0. The van der Waals surface area contributed by atoms with Gasteiger partial charge in [-0.3, -0.25) is 0 Å². The second-order valence-electron chi connectivity index (χ2n) is 15.2. The Kier molecular flexibility index (Phi) is 7.26. The third-order valence-electron chi connectivity index (χ3n) is 12.0. The maximum Gasteiger partial charge on any atom is 0.143 e. The Morgan fingerprint density at radius 1 is 0.328 bits per heavy atom. The largest absolute Gasteiger partial charge is 0.455 e. The van der Waals surface area contributed by atoms with Gasteiger partial charge in [-0.15, -0.1) is 0 Å². The minimum Gasteiger partial charge on any atom is -0.455 e. The van der Waals surface area contributed by atoms with E-state index in [1.54, 1.807) is 0 Å². The van der Waals surface area contributed by atoms with Crippen LogP contribution in [0.3, 0.4) is 0 Å². The molecule has 0 atom stereocenters. The number of benzene rings is 11. The van der Waals surface area contributed by atoms with Crippen molar-refractivity contribution in [1.29, 1.82) is 0 Å². The third kappa shape index (κ3) is 4.99. The molecule has 0 saturated heterocycles. The van der Waals surface area contributed by atoms with Gasteiger partial charge < -0.3 is 9.32 Å². The minimum absolute atomic E-state index is 0.852. The van der Waals surface area contributed by atoms with Crippen LogP contribution in [0.4, 0.5) is 17.1 Å². The monoisotopic (exact) mass is 737 g/mol. The van der Waals surface area contributed by atoms with Crippen LogP contribution in [0.5, 0.6) is 0 Å². The Balaban J connectivity index is 1.19. The fourth-order valence-electron chi connectivity index (χ4n) is 9.38. The lowest BCUT2D eigenvalue weighted by atomic mass is 9.89. The zero-order chi connectivity index (χ0) is 38.2. The lowest BCUT2D eigenvalue weighted by Gasteiger charge is -2.28. The minimum atomic E-state index is 0.852. The summed E-state index contributed by atoms with van der Waals surface area (Å²) >= 11 is 0. The van der Waals surface area contributed by atoms with Crippen LogP contribution in [-0.2, 0) is 0 Å². The van der Waals surface area contributed by atoms with Gasteiger partial charge in [-0.25, -0.2) is 0 Å². The zero-order valence-corrected chi connectivity index (χ0v) is 31.6. The molecule has 0 saturated carbocycles. The highest BCUT2D eigenvalue weighted by molar-refractivity contribution is 6.26. The number of hydrogen-bond donors (Lipinski definition) is 0. The van der Waals surface area contributed by atoms with Crippen molar-refractivity contribution in [3.05, 3.63) is 212 Å². The molecule has 1 heterocycles.